The van der Waals surface area contributed by atoms with E-state index in [4.69, 9.17) is 0 Å². The molecular formula is C12H17Br2NOS. The summed E-state index contributed by atoms with van der Waals surface area (Å²) in [6.07, 6.45) is 2.13. The Hall–Kier alpha value is 0.290. The number of aromatic hydroxyl groups is 1. The maximum absolute atomic E-state index is 9.60. The molecule has 1 aromatic rings. The highest BCUT2D eigenvalue weighted by Gasteiger charge is 2.06. The van der Waals surface area contributed by atoms with Gasteiger partial charge in [0, 0.05) is 6.54 Å². The minimum absolute atomic E-state index is 0.254. The fraction of sp³-hybridized carbons (Fsp3) is 0.500. The summed E-state index contributed by atoms with van der Waals surface area (Å²) in [6.45, 7) is 4.07. The van der Waals surface area contributed by atoms with Crippen molar-refractivity contribution in [2.45, 2.75) is 13.5 Å². The van der Waals surface area contributed by atoms with E-state index in [0.29, 0.717) is 5.92 Å². The molecule has 0 saturated heterocycles. The third kappa shape index (κ3) is 5.20. The van der Waals surface area contributed by atoms with Crippen LogP contribution in [-0.4, -0.2) is 23.7 Å². The lowest BCUT2D eigenvalue weighted by atomic mass is 10.2. The Balaban J connectivity index is 2.47. The predicted octanol–water partition coefficient (Wildman–Crippen LogP) is 4.01. The number of halogens is 2. The Labute approximate surface area is 124 Å². The van der Waals surface area contributed by atoms with Crippen LogP contribution in [0.25, 0.3) is 0 Å². The first-order valence-electron chi connectivity index (χ1n) is 5.41. The third-order valence-electron chi connectivity index (χ3n) is 2.35. The van der Waals surface area contributed by atoms with Gasteiger partial charge in [-0.1, -0.05) is 6.92 Å². The second-order valence-electron chi connectivity index (χ2n) is 4.10. The van der Waals surface area contributed by atoms with Gasteiger partial charge in [-0.2, -0.15) is 11.8 Å². The standard InChI is InChI=1S/C12H17Br2NOS/c1-8(7-17-2)5-15-6-9-3-10(13)12(16)11(14)4-9/h3-4,8,15-16H,5-7H2,1-2H3. The maximum Gasteiger partial charge on any atom is 0.143 e. The molecule has 2 nitrogen and oxygen atoms in total. The van der Waals surface area contributed by atoms with Crippen molar-refractivity contribution in [3.05, 3.63) is 26.6 Å². The van der Waals surface area contributed by atoms with Crippen molar-refractivity contribution in [1.82, 2.24) is 5.32 Å². The number of thioether (sulfide) groups is 1. The first-order valence-corrected chi connectivity index (χ1v) is 8.39. The molecule has 0 aliphatic rings. The lowest BCUT2D eigenvalue weighted by Gasteiger charge is -2.12. The smallest absolute Gasteiger partial charge is 0.143 e. The van der Waals surface area contributed by atoms with Crippen molar-refractivity contribution in [2.24, 2.45) is 5.92 Å². The minimum Gasteiger partial charge on any atom is -0.506 e. The molecule has 0 radical (unpaired) electrons. The van der Waals surface area contributed by atoms with Crippen molar-refractivity contribution in [3.8, 4) is 5.75 Å². The largest absolute Gasteiger partial charge is 0.506 e. The summed E-state index contributed by atoms with van der Waals surface area (Å²) < 4.78 is 1.45. The van der Waals surface area contributed by atoms with Gasteiger partial charge in [-0.25, -0.2) is 0 Å². The Kier molecular flexibility index (Phi) is 6.92. The van der Waals surface area contributed by atoms with E-state index in [1.807, 2.05) is 23.9 Å². The zero-order valence-corrected chi connectivity index (χ0v) is 14.0. The first kappa shape index (κ1) is 15.3. The van der Waals surface area contributed by atoms with E-state index in [1.165, 1.54) is 5.75 Å². The molecule has 0 saturated carbocycles. The van der Waals surface area contributed by atoms with E-state index in [9.17, 15) is 5.11 Å². The maximum atomic E-state index is 9.60. The molecule has 0 aliphatic carbocycles. The molecular weight excluding hydrogens is 366 g/mol. The van der Waals surface area contributed by atoms with Crippen LogP contribution < -0.4 is 5.32 Å². The summed E-state index contributed by atoms with van der Waals surface area (Å²) in [5, 5.41) is 13.0. The van der Waals surface area contributed by atoms with Crippen molar-refractivity contribution < 1.29 is 5.11 Å². The predicted molar refractivity (Wildman–Crippen MR) is 82.8 cm³/mol. The summed E-state index contributed by atoms with van der Waals surface area (Å²) in [6, 6.07) is 3.87. The van der Waals surface area contributed by atoms with Gasteiger partial charge in [-0.15, -0.1) is 0 Å². The van der Waals surface area contributed by atoms with Crippen LogP contribution in [0.1, 0.15) is 12.5 Å². The van der Waals surface area contributed by atoms with E-state index in [2.05, 4.69) is 50.4 Å². The van der Waals surface area contributed by atoms with Gasteiger partial charge in [0.1, 0.15) is 5.75 Å². The summed E-state index contributed by atoms with van der Waals surface area (Å²) in [7, 11) is 0. The van der Waals surface area contributed by atoms with E-state index in [1.54, 1.807) is 0 Å². The fourth-order valence-corrected chi connectivity index (χ4v) is 3.49. The van der Waals surface area contributed by atoms with Gasteiger partial charge in [0.05, 0.1) is 8.95 Å². The van der Waals surface area contributed by atoms with Crippen LogP contribution >= 0.6 is 43.6 Å². The molecule has 5 heteroatoms. The number of hydrogen-bond donors (Lipinski definition) is 2. The molecule has 0 fully saturated rings. The van der Waals surface area contributed by atoms with Crippen molar-refractivity contribution in [2.75, 3.05) is 18.6 Å². The van der Waals surface area contributed by atoms with E-state index in [-0.39, 0.29) is 5.75 Å². The van der Waals surface area contributed by atoms with Crippen LogP contribution in [0, 0.1) is 5.92 Å². The second-order valence-corrected chi connectivity index (χ2v) is 6.72. The molecule has 96 valence electrons. The minimum atomic E-state index is 0.254. The van der Waals surface area contributed by atoms with Gasteiger partial charge in [0.2, 0.25) is 0 Å². The van der Waals surface area contributed by atoms with Gasteiger partial charge < -0.3 is 10.4 Å². The monoisotopic (exact) mass is 381 g/mol. The highest BCUT2D eigenvalue weighted by Crippen LogP contribution is 2.33. The summed E-state index contributed by atoms with van der Waals surface area (Å²) in [5.74, 6) is 2.11. The van der Waals surface area contributed by atoms with Crippen molar-refractivity contribution in [1.29, 1.82) is 0 Å². The molecule has 0 aromatic heterocycles. The van der Waals surface area contributed by atoms with Crippen molar-refractivity contribution >= 4 is 43.6 Å². The van der Waals surface area contributed by atoms with E-state index >= 15 is 0 Å². The van der Waals surface area contributed by atoms with Crippen LogP contribution in [0.15, 0.2) is 21.1 Å². The molecule has 0 amide bonds. The molecule has 2 N–H and O–H groups in total. The first-order chi connectivity index (χ1) is 8.04. The Morgan fingerprint density at radius 3 is 2.47 bits per heavy atom. The zero-order chi connectivity index (χ0) is 12.8. The van der Waals surface area contributed by atoms with Crippen LogP contribution in [-0.2, 0) is 6.54 Å². The number of benzene rings is 1. The summed E-state index contributed by atoms with van der Waals surface area (Å²) >= 11 is 8.54. The molecule has 0 spiro atoms. The lowest BCUT2D eigenvalue weighted by Crippen LogP contribution is -2.22. The Morgan fingerprint density at radius 1 is 1.35 bits per heavy atom. The number of phenolic OH excluding ortho intramolecular Hbond substituents is 1. The van der Waals surface area contributed by atoms with Gasteiger partial charge in [-0.3, -0.25) is 0 Å². The Bertz CT molecular complexity index is 351. The molecule has 1 unspecified atom stereocenters. The van der Waals surface area contributed by atoms with Crippen LogP contribution in [0.5, 0.6) is 5.75 Å². The van der Waals surface area contributed by atoms with E-state index in [0.717, 1.165) is 27.6 Å². The number of hydrogen-bond acceptors (Lipinski definition) is 3. The van der Waals surface area contributed by atoms with Crippen LogP contribution in [0.4, 0.5) is 0 Å². The summed E-state index contributed by atoms with van der Waals surface area (Å²) in [4.78, 5) is 0. The SMILES string of the molecule is CSCC(C)CNCc1cc(Br)c(O)c(Br)c1. The highest BCUT2D eigenvalue weighted by atomic mass is 79.9. The third-order valence-corrected chi connectivity index (χ3v) is 4.46. The number of phenols is 1. The molecule has 0 heterocycles. The molecule has 1 atom stereocenters. The zero-order valence-electron chi connectivity index (χ0n) is 9.96. The van der Waals surface area contributed by atoms with E-state index < -0.39 is 0 Å². The number of nitrogens with one attached hydrogen (secondary N) is 1. The average Bonchev–Trinajstić information content (AvgIpc) is 2.26. The van der Waals surface area contributed by atoms with Gasteiger partial charge in [0.15, 0.2) is 0 Å². The molecule has 1 aromatic carbocycles. The second kappa shape index (κ2) is 7.67. The van der Waals surface area contributed by atoms with Gasteiger partial charge in [0.25, 0.3) is 0 Å². The van der Waals surface area contributed by atoms with Crippen molar-refractivity contribution in [3.63, 3.8) is 0 Å². The summed E-state index contributed by atoms with van der Waals surface area (Å²) in [5.41, 5.74) is 1.15. The quantitative estimate of drug-likeness (QED) is 0.779. The normalized spacial score (nSPS) is 12.7. The molecule has 0 aliphatic heterocycles. The highest BCUT2D eigenvalue weighted by molar-refractivity contribution is 9.11. The average molecular weight is 383 g/mol. The Morgan fingerprint density at radius 2 is 1.94 bits per heavy atom. The lowest BCUT2D eigenvalue weighted by molar-refractivity contribution is 0.468. The van der Waals surface area contributed by atoms with Crippen LogP contribution in [0.3, 0.4) is 0 Å². The molecule has 0 bridgehead atoms. The fourth-order valence-electron chi connectivity index (χ4n) is 1.53. The molecule has 1 rings (SSSR count). The van der Waals surface area contributed by atoms with Gasteiger partial charge >= 0.3 is 0 Å². The topological polar surface area (TPSA) is 32.3 Å². The molecule has 17 heavy (non-hydrogen) atoms. The number of rotatable bonds is 6. The van der Waals surface area contributed by atoms with Gasteiger partial charge in [-0.05, 0) is 74.0 Å². The van der Waals surface area contributed by atoms with Crippen LogP contribution in [0.2, 0.25) is 0 Å².